The minimum atomic E-state index is -3.69. The Hall–Kier alpha value is -2.42. The Morgan fingerprint density at radius 2 is 1.66 bits per heavy atom. The molecule has 0 aromatic heterocycles. The third kappa shape index (κ3) is 5.14. The van der Waals surface area contributed by atoms with E-state index in [0.717, 1.165) is 35.2 Å². The van der Waals surface area contributed by atoms with Crippen LogP contribution < -0.4 is 5.32 Å². The molecule has 32 heavy (non-hydrogen) atoms. The number of carbonyl (C=O) groups excluding carboxylic acids is 2. The van der Waals surface area contributed by atoms with Crippen LogP contribution in [0.4, 0.5) is 5.69 Å². The van der Waals surface area contributed by atoms with E-state index in [-0.39, 0.29) is 27.9 Å². The van der Waals surface area contributed by atoms with Crippen molar-refractivity contribution in [3.8, 4) is 0 Å². The predicted octanol–water partition coefficient (Wildman–Crippen LogP) is 3.76. The lowest BCUT2D eigenvalue weighted by atomic mass is 10.1. The number of nitrogens with zero attached hydrogens (tertiary/aromatic N) is 2. The van der Waals surface area contributed by atoms with Crippen molar-refractivity contribution in [2.45, 2.75) is 38.5 Å². The number of halogens is 1. The van der Waals surface area contributed by atoms with Gasteiger partial charge in [0.05, 0.1) is 22.0 Å². The van der Waals surface area contributed by atoms with Crippen LogP contribution in [-0.4, -0.2) is 56.1 Å². The Labute approximate surface area is 194 Å². The fourth-order valence-corrected chi connectivity index (χ4v) is 5.70. The molecule has 0 atom stereocenters. The van der Waals surface area contributed by atoms with E-state index in [1.54, 1.807) is 0 Å². The van der Waals surface area contributed by atoms with Crippen molar-refractivity contribution < 1.29 is 18.0 Å². The molecule has 1 saturated heterocycles. The van der Waals surface area contributed by atoms with Crippen LogP contribution in [-0.2, 0) is 14.8 Å². The Balaban J connectivity index is 1.76. The van der Waals surface area contributed by atoms with Gasteiger partial charge >= 0.3 is 0 Å². The molecule has 2 aromatic carbocycles. The molecule has 0 radical (unpaired) electrons. The molecule has 0 aliphatic carbocycles. The Bertz CT molecular complexity index is 1130. The number of benzene rings is 2. The zero-order valence-electron chi connectivity index (χ0n) is 18.7. The van der Waals surface area contributed by atoms with E-state index in [1.807, 2.05) is 32.9 Å². The summed E-state index contributed by atoms with van der Waals surface area (Å²) in [4.78, 5) is 26.8. The second-order valence-corrected chi connectivity index (χ2v) is 10.6. The third-order valence-corrected chi connectivity index (χ3v) is 7.76. The number of likely N-dealkylation sites (N-methyl/N-ethyl adjacent to an activating group) is 1. The van der Waals surface area contributed by atoms with Gasteiger partial charge in [-0.2, -0.15) is 4.31 Å². The summed E-state index contributed by atoms with van der Waals surface area (Å²) in [5.74, 6) is -0.881. The molecular formula is C23H28ClN3O4S. The van der Waals surface area contributed by atoms with E-state index in [0.29, 0.717) is 13.1 Å². The molecule has 172 valence electrons. The maximum atomic E-state index is 13.0. The summed E-state index contributed by atoms with van der Waals surface area (Å²) in [5.41, 5.74) is 3.74. The Morgan fingerprint density at radius 1 is 1.06 bits per heavy atom. The van der Waals surface area contributed by atoms with Crippen molar-refractivity contribution in [2.24, 2.45) is 0 Å². The van der Waals surface area contributed by atoms with Crippen LogP contribution in [0.5, 0.6) is 0 Å². The molecule has 2 aromatic rings. The lowest BCUT2D eigenvalue weighted by Gasteiger charge is -2.20. The highest BCUT2D eigenvalue weighted by Gasteiger charge is 2.29. The second-order valence-electron chi connectivity index (χ2n) is 8.24. The highest BCUT2D eigenvalue weighted by atomic mass is 35.5. The van der Waals surface area contributed by atoms with E-state index < -0.39 is 15.9 Å². The molecule has 2 amide bonds. The monoisotopic (exact) mass is 477 g/mol. The van der Waals surface area contributed by atoms with Gasteiger partial charge in [0.2, 0.25) is 15.9 Å². The number of hydrogen-bond acceptors (Lipinski definition) is 4. The van der Waals surface area contributed by atoms with Crippen LogP contribution in [0.25, 0.3) is 0 Å². The largest absolute Gasteiger partial charge is 0.332 e. The summed E-state index contributed by atoms with van der Waals surface area (Å²) in [7, 11) is -2.21. The maximum Gasteiger partial charge on any atom is 0.255 e. The number of anilines is 1. The van der Waals surface area contributed by atoms with Gasteiger partial charge in [-0.25, -0.2) is 8.42 Å². The highest BCUT2D eigenvalue weighted by molar-refractivity contribution is 7.89. The van der Waals surface area contributed by atoms with Gasteiger partial charge in [0, 0.05) is 25.8 Å². The molecule has 1 heterocycles. The third-order valence-electron chi connectivity index (χ3n) is 5.54. The predicted molar refractivity (Wildman–Crippen MR) is 126 cm³/mol. The first kappa shape index (κ1) is 24.2. The number of nitrogens with one attached hydrogen (secondary N) is 1. The van der Waals surface area contributed by atoms with Gasteiger partial charge in [0.25, 0.3) is 5.91 Å². The fourth-order valence-electron chi connectivity index (χ4n) is 3.96. The first-order chi connectivity index (χ1) is 15.0. The van der Waals surface area contributed by atoms with E-state index >= 15 is 0 Å². The van der Waals surface area contributed by atoms with Gasteiger partial charge in [0.1, 0.15) is 0 Å². The highest BCUT2D eigenvalue weighted by Crippen LogP contribution is 2.26. The van der Waals surface area contributed by atoms with Crippen molar-refractivity contribution in [1.82, 2.24) is 9.21 Å². The van der Waals surface area contributed by atoms with Crippen LogP contribution in [0.1, 0.15) is 39.9 Å². The number of hydrogen-bond donors (Lipinski definition) is 1. The van der Waals surface area contributed by atoms with Crippen LogP contribution >= 0.6 is 11.6 Å². The fraction of sp³-hybridized carbons (Fsp3) is 0.391. The van der Waals surface area contributed by atoms with Gasteiger partial charge in [-0.1, -0.05) is 29.3 Å². The lowest BCUT2D eigenvalue weighted by molar-refractivity contribution is -0.116. The molecule has 0 bridgehead atoms. The normalized spacial score (nSPS) is 14.4. The first-order valence-corrected chi connectivity index (χ1v) is 12.3. The molecule has 3 rings (SSSR count). The number of rotatable bonds is 6. The van der Waals surface area contributed by atoms with E-state index in [2.05, 4.69) is 5.32 Å². The number of amides is 2. The molecule has 0 saturated carbocycles. The molecule has 9 heteroatoms. The van der Waals surface area contributed by atoms with Crippen LogP contribution in [0, 0.1) is 20.8 Å². The van der Waals surface area contributed by atoms with Crippen molar-refractivity contribution >= 4 is 39.1 Å². The average Bonchev–Trinajstić information content (AvgIpc) is 3.26. The number of sulfonamides is 1. The Kier molecular flexibility index (Phi) is 7.27. The molecule has 1 fully saturated rings. The van der Waals surface area contributed by atoms with Crippen LogP contribution in [0.2, 0.25) is 5.02 Å². The van der Waals surface area contributed by atoms with Crippen molar-refractivity contribution in [1.29, 1.82) is 0 Å². The van der Waals surface area contributed by atoms with E-state index in [9.17, 15) is 18.0 Å². The van der Waals surface area contributed by atoms with Crippen LogP contribution in [0.3, 0.4) is 0 Å². The smallest absolute Gasteiger partial charge is 0.255 e. The molecular weight excluding hydrogens is 450 g/mol. The summed E-state index contributed by atoms with van der Waals surface area (Å²) in [6, 6.07) is 8.06. The first-order valence-electron chi connectivity index (χ1n) is 10.4. The molecule has 7 nitrogen and oxygen atoms in total. The summed E-state index contributed by atoms with van der Waals surface area (Å²) in [5, 5.41) is 2.99. The summed E-state index contributed by atoms with van der Waals surface area (Å²) >= 11 is 6.21. The quantitative estimate of drug-likeness (QED) is 0.686. The zero-order valence-corrected chi connectivity index (χ0v) is 20.3. The summed E-state index contributed by atoms with van der Waals surface area (Å²) in [6.45, 7) is 6.54. The lowest BCUT2D eigenvalue weighted by Crippen LogP contribution is -2.35. The molecule has 1 N–H and O–H groups in total. The summed E-state index contributed by atoms with van der Waals surface area (Å²) < 4.78 is 27.1. The summed E-state index contributed by atoms with van der Waals surface area (Å²) in [6.07, 6.45) is 1.63. The minimum Gasteiger partial charge on any atom is -0.332 e. The van der Waals surface area contributed by atoms with Gasteiger partial charge in [-0.15, -0.1) is 0 Å². The van der Waals surface area contributed by atoms with Gasteiger partial charge in [-0.05, 0) is 62.9 Å². The molecule has 0 unspecified atom stereocenters. The average molecular weight is 478 g/mol. The number of aryl methyl sites for hydroxylation is 3. The van der Waals surface area contributed by atoms with Crippen LogP contribution in [0.15, 0.2) is 35.2 Å². The zero-order chi connectivity index (χ0) is 23.6. The second kappa shape index (κ2) is 9.60. The molecule has 0 spiro atoms. The van der Waals surface area contributed by atoms with Crippen molar-refractivity contribution in [2.75, 3.05) is 32.0 Å². The van der Waals surface area contributed by atoms with Crippen molar-refractivity contribution in [3.63, 3.8) is 0 Å². The van der Waals surface area contributed by atoms with Gasteiger partial charge < -0.3 is 10.2 Å². The molecule has 1 aliphatic heterocycles. The van der Waals surface area contributed by atoms with Gasteiger partial charge in [0.15, 0.2) is 0 Å². The van der Waals surface area contributed by atoms with Crippen molar-refractivity contribution in [3.05, 3.63) is 57.6 Å². The van der Waals surface area contributed by atoms with E-state index in [1.165, 1.54) is 34.5 Å². The maximum absolute atomic E-state index is 13.0. The van der Waals surface area contributed by atoms with Gasteiger partial charge in [-0.3, -0.25) is 9.59 Å². The standard InChI is InChI=1S/C23H28ClN3O4S/c1-15-11-16(2)22(17(3)12-15)25-21(28)14-26(4)23(29)19-13-18(7-8-20(19)24)32(30,31)27-9-5-6-10-27/h7-8,11-13H,5-6,9-10,14H2,1-4H3,(H,25,28). The minimum absolute atomic E-state index is 0.0240. The topological polar surface area (TPSA) is 86.8 Å². The van der Waals surface area contributed by atoms with E-state index in [4.69, 9.17) is 11.6 Å². The molecule has 1 aliphatic rings. The number of carbonyl (C=O) groups is 2. The Morgan fingerprint density at radius 3 is 2.25 bits per heavy atom. The SMILES string of the molecule is Cc1cc(C)c(NC(=O)CN(C)C(=O)c2cc(S(=O)(=O)N3CCCC3)ccc2Cl)c(C)c1.